The molecule has 13 heteroatoms. The smallest absolute Gasteiger partial charge is 0.332 e. The minimum atomic E-state index is -3.28. The highest BCUT2D eigenvalue weighted by Gasteiger charge is 2.71. The zero-order valence-electron chi connectivity index (χ0n) is 17.1. The first-order valence-electron chi connectivity index (χ1n) is 10.1. The van der Waals surface area contributed by atoms with E-state index in [0.717, 1.165) is 31.9 Å². The van der Waals surface area contributed by atoms with Crippen LogP contribution >= 0.6 is 22.6 Å². The van der Waals surface area contributed by atoms with Crippen molar-refractivity contribution in [3.05, 3.63) is 30.6 Å². The zero-order chi connectivity index (χ0) is 23.4. The molecule has 178 valence electrons. The van der Waals surface area contributed by atoms with Gasteiger partial charge < -0.3 is 30.4 Å². The molecule has 2 rings (SSSR count). The molecule has 0 amide bonds. The molecule has 1 saturated heterocycles. The standard InChI is InChI=1S/C18H29FIN3O8/c1-2-3-4-5-6-7-8-13(19)23(30)17(28)14(25)12(10-24)31-18(17,29)22-9-11(20)15(26)21-16(22)27/h9,12-14,24-25,28-30H,2-8,10H2,1H3,(H,21,26,27)/t12-,13?,14-,17-,18-/m1/s1. The number of hydrogen-bond donors (Lipinski definition) is 6. The molecular formula is C18H29FIN3O8. The lowest BCUT2D eigenvalue weighted by atomic mass is 10.00. The predicted octanol–water partition coefficient (Wildman–Crippen LogP) is -0.0782. The van der Waals surface area contributed by atoms with Crippen molar-refractivity contribution in [1.29, 1.82) is 0 Å². The lowest BCUT2D eigenvalue weighted by Crippen LogP contribution is -2.69. The lowest BCUT2D eigenvalue weighted by Gasteiger charge is -2.43. The van der Waals surface area contributed by atoms with Crippen LogP contribution in [0.4, 0.5) is 4.39 Å². The Balaban J connectivity index is 2.33. The molecule has 0 aliphatic carbocycles. The maximum absolute atomic E-state index is 14.8. The van der Waals surface area contributed by atoms with Gasteiger partial charge in [0.25, 0.3) is 5.56 Å². The molecule has 1 aliphatic rings. The summed E-state index contributed by atoms with van der Waals surface area (Å²) in [5.41, 5.74) is -5.33. The quantitative estimate of drug-likeness (QED) is 0.0712. The number of aliphatic hydroxyl groups excluding tert-OH is 2. The molecule has 0 spiro atoms. The number of nitrogens with zero attached hydrogens (tertiary/aromatic N) is 2. The third-order valence-electron chi connectivity index (χ3n) is 5.38. The Morgan fingerprint density at radius 1 is 1.29 bits per heavy atom. The predicted molar refractivity (Wildman–Crippen MR) is 114 cm³/mol. The Kier molecular flexibility index (Phi) is 9.15. The van der Waals surface area contributed by atoms with E-state index in [-0.39, 0.29) is 15.1 Å². The molecule has 0 saturated carbocycles. The van der Waals surface area contributed by atoms with E-state index in [1.165, 1.54) is 0 Å². The summed E-state index contributed by atoms with van der Waals surface area (Å²) >= 11 is 1.54. The van der Waals surface area contributed by atoms with Crippen LogP contribution < -0.4 is 11.2 Å². The van der Waals surface area contributed by atoms with E-state index in [0.29, 0.717) is 17.4 Å². The fourth-order valence-corrected chi connectivity index (χ4v) is 3.99. The van der Waals surface area contributed by atoms with Gasteiger partial charge in [0.2, 0.25) is 5.72 Å². The fraction of sp³-hybridized carbons (Fsp3) is 0.778. The van der Waals surface area contributed by atoms with Crippen molar-refractivity contribution in [1.82, 2.24) is 14.6 Å². The highest BCUT2D eigenvalue weighted by Crippen LogP contribution is 2.44. The molecule has 0 bridgehead atoms. The maximum Gasteiger partial charge on any atom is 0.332 e. The number of aromatic amines is 1. The van der Waals surface area contributed by atoms with E-state index in [4.69, 9.17) is 4.74 Å². The van der Waals surface area contributed by atoms with E-state index < -0.39 is 48.0 Å². The third-order valence-corrected chi connectivity index (χ3v) is 6.14. The van der Waals surface area contributed by atoms with Gasteiger partial charge in [-0.3, -0.25) is 9.78 Å². The number of hydrogen-bond acceptors (Lipinski definition) is 9. The third kappa shape index (κ3) is 5.03. The molecule has 31 heavy (non-hydrogen) atoms. The van der Waals surface area contributed by atoms with Crippen LogP contribution in [0.3, 0.4) is 0 Å². The first kappa shape index (κ1) is 26.3. The number of nitrogens with one attached hydrogen (secondary N) is 1. The lowest BCUT2D eigenvalue weighted by molar-refractivity contribution is -0.428. The molecule has 0 radical (unpaired) electrons. The average molecular weight is 561 g/mol. The molecule has 1 unspecified atom stereocenters. The van der Waals surface area contributed by atoms with Gasteiger partial charge in [0.05, 0.1) is 10.2 Å². The second-order valence-electron chi connectivity index (χ2n) is 7.56. The molecule has 1 aromatic rings. The molecule has 0 aromatic carbocycles. The Morgan fingerprint density at radius 2 is 1.90 bits per heavy atom. The number of H-pyrrole nitrogens is 1. The molecular weight excluding hydrogens is 532 g/mol. The number of ether oxygens (including phenoxy) is 1. The Morgan fingerprint density at radius 3 is 2.52 bits per heavy atom. The number of aromatic nitrogens is 2. The van der Waals surface area contributed by atoms with Gasteiger partial charge >= 0.3 is 11.6 Å². The fourth-order valence-electron chi connectivity index (χ4n) is 3.57. The summed E-state index contributed by atoms with van der Waals surface area (Å²) in [6.07, 6.45) is -0.581. The van der Waals surface area contributed by atoms with Crippen molar-refractivity contribution >= 4 is 22.6 Å². The largest absolute Gasteiger partial charge is 0.394 e. The van der Waals surface area contributed by atoms with Crippen LogP contribution in [0.15, 0.2) is 15.8 Å². The average Bonchev–Trinajstić information content (AvgIpc) is 2.94. The minimum Gasteiger partial charge on any atom is -0.394 e. The molecule has 6 N–H and O–H groups in total. The van der Waals surface area contributed by atoms with Gasteiger partial charge in [-0.25, -0.2) is 13.8 Å². The normalized spacial score (nSPS) is 29.6. The molecule has 2 heterocycles. The summed E-state index contributed by atoms with van der Waals surface area (Å²) in [7, 11) is 0. The minimum absolute atomic E-state index is 0.105. The zero-order valence-corrected chi connectivity index (χ0v) is 19.2. The number of alkyl halides is 1. The van der Waals surface area contributed by atoms with Crippen molar-refractivity contribution in [2.24, 2.45) is 0 Å². The van der Waals surface area contributed by atoms with Gasteiger partial charge in [-0.05, 0) is 35.4 Å². The second-order valence-corrected chi connectivity index (χ2v) is 8.72. The number of halogens is 2. The summed E-state index contributed by atoms with van der Waals surface area (Å²) in [4.78, 5) is 25.8. The second kappa shape index (κ2) is 10.8. The van der Waals surface area contributed by atoms with Crippen molar-refractivity contribution in [3.63, 3.8) is 0 Å². The summed E-state index contributed by atoms with van der Waals surface area (Å²) in [5.74, 6) is -3.23. The molecule has 1 fully saturated rings. The molecule has 1 aromatic heterocycles. The molecule has 5 atom stereocenters. The number of aliphatic hydroxyl groups is 4. The van der Waals surface area contributed by atoms with Crippen LogP contribution in [0.5, 0.6) is 0 Å². The Hall–Kier alpha value is -0.940. The Labute approximate surface area is 191 Å². The van der Waals surface area contributed by atoms with E-state index in [1.54, 1.807) is 22.6 Å². The van der Waals surface area contributed by atoms with E-state index in [1.807, 2.05) is 4.98 Å². The molecule has 11 nitrogen and oxygen atoms in total. The highest BCUT2D eigenvalue weighted by molar-refractivity contribution is 14.1. The van der Waals surface area contributed by atoms with Crippen molar-refractivity contribution < 1.29 is 34.8 Å². The van der Waals surface area contributed by atoms with Crippen molar-refractivity contribution in [2.75, 3.05) is 6.61 Å². The van der Waals surface area contributed by atoms with E-state index in [9.17, 15) is 39.6 Å². The SMILES string of the molecule is CCCCCCCCC(F)N(O)[C@@]1(O)[C@H](O)[C@@H](CO)O[C@@]1(O)n1cc(I)c(=O)[nH]c1=O. The first-order valence-corrected chi connectivity index (χ1v) is 11.2. The number of rotatable bonds is 11. The van der Waals surface area contributed by atoms with E-state index in [2.05, 4.69) is 6.92 Å². The summed E-state index contributed by atoms with van der Waals surface area (Å²) in [6, 6.07) is 0. The van der Waals surface area contributed by atoms with Gasteiger partial charge in [-0.15, -0.1) is 5.06 Å². The van der Waals surface area contributed by atoms with Crippen molar-refractivity contribution in [2.45, 2.75) is 82.0 Å². The highest BCUT2D eigenvalue weighted by atomic mass is 127. The van der Waals surface area contributed by atoms with Crippen LogP contribution in [-0.2, 0) is 10.6 Å². The van der Waals surface area contributed by atoms with Crippen LogP contribution in [0.25, 0.3) is 0 Å². The van der Waals surface area contributed by atoms with Gasteiger partial charge in [-0.2, -0.15) is 0 Å². The van der Waals surface area contributed by atoms with Crippen LogP contribution in [0.2, 0.25) is 0 Å². The first-order chi connectivity index (χ1) is 14.5. The molecule has 1 aliphatic heterocycles. The van der Waals surface area contributed by atoms with Gasteiger partial charge in [0.15, 0.2) is 6.30 Å². The maximum atomic E-state index is 14.8. The number of hydroxylamine groups is 2. The van der Waals surface area contributed by atoms with Gasteiger partial charge in [0, 0.05) is 6.20 Å². The van der Waals surface area contributed by atoms with Gasteiger partial charge in [0.1, 0.15) is 12.2 Å². The van der Waals surface area contributed by atoms with Crippen LogP contribution in [0, 0.1) is 3.57 Å². The topological polar surface area (TPSA) is 168 Å². The summed E-state index contributed by atoms with van der Waals surface area (Å²) < 4.78 is 20.1. The van der Waals surface area contributed by atoms with Crippen LogP contribution in [0.1, 0.15) is 51.9 Å². The monoisotopic (exact) mass is 561 g/mol. The summed E-state index contributed by atoms with van der Waals surface area (Å²) in [5, 5.41) is 52.2. The van der Waals surface area contributed by atoms with E-state index >= 15 is 0 Å². The van der Waals surface area contributed by atoms with Crippen molar-refractivity contribution in [3.8, 4) is 0 Å². The summed E-state index contributed by atoms with van der Waals surface area (Å²) in [6.45, 7) is 1.13. The van der Waals surface area contributed by atoms with Crippen LogP contribution in [-0.4, -0.2) is 71.1 Å². The number of unbranched alkanes of at least 4 members (excludes halogenated alkanes) is 5. The Bertz CT molecular complexity index is 854. The van der Waals surface area contributed by atoms with Gasteiger partial charge in [-0.1, -0.05) is 39.0 Å².